The Labute approximate surface area is 165 Å². The van der Waals surface area contributed by atoms with Gasteiger partial charge in [0.15, 0.2) is 0 Å². The largest absolute Gasteiger partial charge is 0.487 e. The molecule has 2 aromatic rings. The Kier molecular flexibility index (Phi) is 6.53. The highest BCUT2D eigenvalue weighted by atomic mass is 16.5. The van der Waals surface area contributed by atoms with Crippen LogP contribution in [0.25, 0.3) is 0 Å². The topological polar surface area (TPSA) is 70.7 Å². The number of likely N-dealkylation sites (tertiary alicyclic amines) is 1. The molecule has 6 nitrogen and oxygen atoms in total. The first kappa shape index (κ1) is 19.7. The molecule has 1 fully saturated rings. The molecule has 2 aromatic carbocycles. The van der Waals surface area contributed by atoms with Gasteiger partial charge < -0.3 is 20.3 Å². The van der Waals surface area contributed by atoms with E-state index in [0.717, 1.165) is 24.1 Å². The fraction of sp³-hybridized carbons (Fsp3) is 0.364. The molecule has 6 heteroatoms. The summed E-state index contributed by atoms with van der Waals surface area (Å²) in [6.07, 6.45) is 1.49. The predicted molar refractivity (Wildman–Crippen MR) is 109 cm³/mol. The number of hydrogen-bond donors (Lipinski definition) is 2. The van der Waals surface area contributed by atoms with Gasteiger partial charge in [0.05, 0.1) is 5.69 Å². The lowest BCUT2D eigenvalue weighted by Gasteiger charge is -2.22. The minimum Gasteiger partial charge on any atom is -0.487 e. The van der Waals surface area contributed by atoms with Crippen LogP contribution in [-0.4, -0.2) is 36.0 Å². The van der Waals surface area contributed by atoms with Gasteiger partial charge in [-0.3, -0.25) is 4.79 Å². The average Bonchev–Trinajstić information content (AvgIpc) is 3.07. The van der Waals surface area contributed by atoms with Gasteiger partial charge in [-0.2, -0.15) is 0 Å². The van der Waals surface area contributed by atoms with E-state index in [9.17, 15) is 9.59 Å². The smallest absolute Gasteiger partial charge is 0.319 e. The maximum Gasteiger partial charge on any atom is 0.319 e. The standard InChI is InChI=1S/C22H27N3O3/c1-16-10-11-19(20(13-16)28-15-18-7-4-3-5-8-18)24-22(27)23-17(2)14-25-12-6-9-21(25)26/h3-5,7-8,10-11,13,17H,6,9,12,14-15H2,1-2H3,(H2,23,24,27). The molecule has 1 atom stereocenters. The molecule has 0 bridgehead atoms. The number of aryl methyl sites for hydroxylation is 1. The molecule has 148 valence electrons. The molecule has 1 unspecified atom stereocenters. The molecule has 28 heavy (non-hydrogen) atoms. The molecule has 1 saturated heterocycles. The van der Waals surface area contributed by atoms with E-state index < -0.39 is 0 Å². The minimum absolute atomic E-state index is 0.138. The molecule has 0 aliphatic carbocycles. The van der Waals surface area contributed by atoms with Gasteiger partial charge in [-0.05, 0) is 43.5 Å². The molecule has 1 aliphatic rings. The van der Waals surface area contributed by atoms with Crippen molar-refractivity contribution in [2.75, 3.05) is 18.4 Å². The maximum absolute atomic E-state index is 12.4. The number of urea groups is 1. The molecule has 2 N–H and O–H groups in total. The summed E-state index contributed by atoms with van der Waals surface area (Å²) in [6, 6.07) is 15.1. The predicted octanol–water partition coefficient (Wildman–Crippen LogP) is 3.71. The van der Waals surface area contributed by atoms with Crippen molar-refractivity contribution >= 4 is 17.6 Å². The van der Waals surface area contributed by atoms with E-state index in [2.05, 4.69) is 10.6 Å². The number of amides is 3. The Morgan fingerprint density at radius 3 is 2.71 bits per heavy atom. The summed E-state index contributed by atoms with van der Waals surface area (Å²) in [5.74, 6) is 0.783. The maximum atomic E-state index is 12.4. The monoisotopic (exact) mass is 381 g/mol. The van der Waals surface area contributed by atoms with E-state index in [1.807, 2.05) is 62.4 Å². The van der Waals surface area contributed by atoms with E-state index in [1.54, 1.807) is 4.90 Å². The van der Waals surface area contributed by atoms with E-state index in [4.69, 9.17) is 4.74 Å². The summed E-state index contributed by atoms with van der Waals surface area (Å²) >= 11 is 0. The highest BCUT2D eigenvalue weighted by Crippen LogP contribution is 2.26. The zero-order valence-electron chi connectivity index (χ0n) is 16.4. The Hall–Kier alpha value is -3.02. The first-order valence-corrected chi connectivity index (χ1v) is 9.64. The molecule has 1 heterocycles. The second-order valence-corrected chi connectivity index (χ2v) is 7.22. The average molecular weight is 381 g/mol. The second-order valence-electron chi connectivity index (χ2n) is 7.22. The highest BCUT2D eigenvalue weighted by Gasteiger charge is 2.22. The molecule has 3 rings (SSSR count). The van der Waals surface area contributed by atoms with Crippen LogP contribution < -0.4 is 15.4 Å². The van der Waals surface area contributed by atoms with Crippen LogP contribution in [0, 0.1) is 6.92 Å². The Bertz CT molecular complexity index is 823. The SMILES string of the molecule is Cc1ccc(NC(=O)NC(C)CN2CCCC2=O)c(OCc2ccccc2)c1. The third kappa shape index (κ3) is 5.49. The minimum atomic E-state index is -0.312. The summed E-state index contributed by atoms with van der Waals surface area (Å²) in [5, 5.41) is 5.75. The number of nitrogens with one attached hydrogen (secondary N) is 2. The second kappa shape index (κ2) is 9.26. The third-order valence-electron chi connectivity index (χ3n) is 4.67. The number of carbonyl (C=O) groups excluding carboxylic acids is 2. The zero-order valence-corrected chi connectivity index (χ0v) is 16.4. The van der Waals surface area contributed by atoms with E-state index in [-0.39, 0.29) is 18.0 Å². The van der Waals surface area contributed by atoms with E-state index in [1.165, 1.54) is 0 Å². The lowest BCUT2D eigenvalue weighted by atomic mass is 10.2. The van der Waals surface area contributed by atoms with Crippen LogP contribution in [0.1, 0.15) is 30.9 Å². The van der Waals surface area contributed by atoms with Crippen molar-refractivity contribution < 1.29 is 14.3 Å². The number of nitrogens with zero attached hydrogens (tertiary/aromatic N) is 1. The Balaban J connectivity index is 1.58. The molecule has 3 amide bonds. The number of anilines is 1. The fourth-order valence-corrected chi connectivity index (χ4v) is 3.24. The van der Waals surface area contributed by atoms with Crippen LogP contribution in [0.5, 0.6) is 5.75 Å². The van der Waals surface area contributed by atoms with Crippen molar-refractivity contribution in [2.45, 2.75) is 39.3 Å². The van der Waals surface area contributed by atoms with Gasteiger partial charge in [0.2, 0.25) is 5.91 Å². The summed E-state index contributed by atoms with van der Waals surface area (Å²) in [6.45, 7) is 5.59. The van der Waals surface area contributed by atoms with Gasteiger partial charge in [-0.25, -0.2) is 4.79 Å². The first-order valence-electron chi connectivity index (χ1n) is 9.64. The number of rotatable bonds is 7. The Morgan fingerprint density at radius 1 is 1.21 bits per heavy atom. The summed E-state index contributed by atoms with van der Waals surface area (Å²) < 4.78 is 5.94. The molecule has 0 aromatic heterocycles. The van der Waals surface area contributed by atoms with Crippen LogP contribution >= 0.6 is 0 Å². The van der Waals surface area contributed by atoms with Crippen LogP contribution in [0.4, 0.5) is 10.5 Å². The summed E-state index contributed by atoms with van der Waals surface area (Å²) in [4.78, 5) is 25.9. The molecular formula is C22H27N3O3. The molecule has 0 spiro atoms. The molecule has 0 saturated carbocycles. The van der Waals surface area contributed by atoms with Gasteiger partial charge in [0, 0.05) is 25.6 Å². The van der Waals surface area contributed by atoms with Crippen molar-refractivity contribution in [1.29, 1.82) is 0 Å². The van der Waals surface area contributed by atoms with E-state index >= 15 is 0 Å². The van der Waals surface area contributed by atoms with Gasteiger partial charge in [-0.1, -0.05) is 36.4 Å². The highest BCUT2D eigenvalue weighted by molar-refractivity contribution is 5.91. The number of benzene rings is 2. The quantitative estimate of drug-likeness (QED) is 0.768. The fourth-order valence-electron chi connectivity index (χ4n) is 3.24. The molecule has 1 aliphatic heterocycles. The number of hydrogen-bond acceptors (Lipinski definition) is 3. The van der Waals surface area contributed by atoms with Gasteiger partial charge in [0.25, 0.3) is 0 Å². The first-order chi connectivity index (χ1) is 13.5. The number of carbonyl (C=O) groups is 2. The lowest BCUT2D eigenvalue weighted by Crippen LogP contribution is -2.44. The van der Waals surface area contributed by atoms with Crippen LogP contribution in [0.2, 0.25) is 0 Å². The van der Waals surface area contributed by atoms with Crippen molar-refractivity contribution in [3.8, 4) is 5.75 Å². The normalized spacial score (nSPS) is 14.6. The van der Waals surface area contributed by atoms with Crippen LogP contribution in [0.3, 0.4) is 0 Å². The number of ether oxygens (including phenoxy) is 1. The van der Waals surface area contributed by atoms with E-state index in [0.29, 0.717) is 31.0 Å². The summed E-state index contributed by atoms with van der Waals surface area (Å²) in [7, 11) is 0. The Morgan fingerprint density at radius 2 is 2.00 bits per heavy atom. The van der Waals surface area contributed by atoms with Crippen LogP contribution in [0.15, 0.2) is 48.5 Å². The van der Waals surface area contributed by atoms with Gasteiger partial charge in [0.1, 0.15) is 12.4 Å². The van der Waals surface area contributed by atoms with Crippen molar-refractivity contribution in [3.63, 3.8) is 0 Å². The zero-order chi connectivity index (χ0) is 19.9. The van der Waals surface area contributed by atoms with Crippen molar-refractivity contribution in [2.24, 2.45) is 0 Å². The molecular weight excluding hydrogens is 354 g/mol. The summed E-state index contributed by atoms with van der Waals surface area (Å²) in [5.41, 5.74) is 2.72. The van der Waals surface area contributed by atoms with Gasteiger partial charge >= 0.3 is 6.03 Å². The third-order valence-corrected chi connectivity index (χ3v) is 4.67. The van der Waals surface area contributed by atoms with Crippen molar-refractivity contribution in [3.05, 3.63) is 59.7 Å². The molecule has 0 radical (unpaired) electrons. The van der Waals surface area contributed by atoms with Crippen molar-refractivity contribution in [1.82, 2.24) is 10.2 Å². The van der Waals surface area contributed by atoms with Gasteiger partial charge in [-0.15, -0.1) is 0 Å². The van der Waals surface area contributed by atoms with Crippen LogP contribution in [-0.2, 0) is 11.4 Å². The lowest BCUT2D eigenvalue weighted by molar-refractivity contribution is -0.127.